The highest BCUT2D eigenvalue weighted by Gasteiger charge is 2.27. The summed E-state index contributed by atoms with van der Waals surface area (Å²) in [5.74, 6) is 0.300. The van der Waals surface area contributed by atoms with E-state index >= 15 is 0 Å². The number of hydrogen-bond acceptors (Lipinski definition) is 5. The van der Waals surface area contributed by atoms with Gasteiger partial charge in [-0.2, -0.15) is 5.10 Å². The topological polar surface area (TPSA) is 89.9 Å². The number of amides is 1. The Balaban J connectivity index is 1.75. The Morgan fingerprint density at radius 3 is 2.90 bits per heavy atom. The quantitative estimate of drug-likeness (QED) is 0.666. The van der Waals surface area contributed by atoms with Crippen molar-refractivity contribution < 1.29 is 4.79 Å². The lowest BCUT2D eigenvalue weighted by Gasteiger charge is -2.32. The molecule has 1 aliphatic rings. The molecule has 1 aromatic carbocycles. The van der Waals surface area contributed by atoms with Gasteiger partial charge < -0.3 is 10.6 Å². The van der Waals surface area contributed by atoms with E-state index in [1.54, 1.807) is 4.90 Å². The van der Waals surface area contributed by atoms with Gasteiger partial charge in [-0.1, -0.05) is 42.5 Å². The third-order valence-electron chi connectivity index (χ3n) is 5.10. The number of carbonyl (C=O) groups is 1. The number of nitrogens with two attached hydrogens (primary N) is 1. The van der Waals surface area contributed by atoms with Crippen LogP contribution in [0.5, 0.6) is 0 Å². The predicted octanol–water partition coefficient (Wildman–Crippen LogP) is 3.58. The summed E-state index contributed by atoms with van der Waals surface area (Å²) in [5, 5.41) is 6.13. The Hall–Kier alpha value is -3.19. The number of anilines is 1. The van der Waals surface area contributed by atoms with Crippen molar-refractivity contribution in [3.05, 3.63) is 59.5 Å². The standard InChI is InChI=1S/C21H21ClN6O/c1-2-18(29)27-11-5-7-15(12-27)28-21-19(20(23)24-13-25-21)17(26-28)10-9-14-6-3-4-8-16(14)22/h2-4,6,8-10,13,15H,1,5,7,11-12H2,(H2,23,24,25)/b10-9+/t15-/m1/s1. The number of halogens is 1. The van der Waals surface area contributed by atoms with Crippen molar-refractivity contribution in [3.63, 3.8) is 0 Å². The van der Waals surface area contributed by atoms with Crippen LogP contribution >= 0.6 is 11.6 Å². The molecule has 8 heteroatoms. The van der Waals surface area contributed by atoms with Crippen LogP contribution in [0.15, 0.2) is 43.2 Å². The van der Waals surface area contributed by atoms with Crippen molar-refractivity contribution in [2.75, 3.05) is 18.8 Å². The SMILES string of the molecule is C=CC(=O)N1CCC[C@@H](n2nc(/C=C/c3ccccc3Cl)c3c(N)ncnc32)C1. The van der Waals surface area contributed by atoms with Gasteiger partial charge in [-0.3, -0.25) is 4.79 Å². The minimum Gasteiger partial charge on any atom is -0.383 e. The number of rotatable bonds is 4. The van der Waals surface area contributed by atoms with Crippen LogP contribution in [0.3, 0.4) is 0 Å². The Morgan fingerprint density at radius 2 is 2.10 bits per heavy atom. The van der Waals surface area contributed by atoms with E-state index in [9.17, 15) is 4.79 Å². The Labute approximate surface area is 173 Å². The van der Waals surface area contributed by atoms with E-state index in [0.717, 1.165) is 24.9 Å². The van der Waals surface area contributed by atoms with Crippen molar-refractivity contribution in [1.82, 2.24) is 24.6 Å². The number of benzene rings is 1. The Morgan fingerprint density at radius 1 is 1.28 bits per heavy atom. The zero-order chi connectivity index (χ0) is 20.4. The van der Waals surface area contributed by atoms with E-state index in [1.165, 1.54) is 12.4 Å². The van der Waals surface area contributed by atoms with E-state index in [0.29, 0.717) is 34.1 Å². The first-order chi connectivity index (χ1) is 14.1. The van der Waals surface area contributed by atoms with Crippen LogP contribution in [0, 0.1) is 0 Å². The summed E-state index contributed by atoms with van der Waals surface area (Å²) < 4.78 is 1.86. The second-order valence-electron chi connectivity index (χ2n) is 6.93. The van der Waals surface area contributed by atoms with E-state index < -0.39 is 0 Å². The summed E-state index contributed by atoms with van der Waals surface area (Å²) in [6.45, 7) is 4.86. The van der Waals surface area contributed by atoms with Crippen molar-refractivity contribution >= 4 is 46.5 Å². The lowest BCUT2D eigenvalue weighted by molar-refractivity contribution is -0.127. The second kappa shape index (κ2) is 8.05. The monoisotopic (exact) mass is 408 g/mol. The van der Waals surface area contributed by atoms with Gasteiger partial charge in [0.2, 0.25) is 5.91 Å². The fourth-order valence-electron chi connectivity index (χ4n) is 3.66. The minimum atomic E-state index is -0.0702. The molecule has 1 atom stereocenters. The maximum absolute atomic E-state index is 12.1. The molecule has 2 N–H and O–H groups in total. The molecule has 2 aromatic heterocycles. The van der Waals surface area contributed by atoms with Gasteiger partial charge in [0.25, 0.3) is 0 Å². The molecule has 0 saturated carbocycles. The molecule has 0 unspecified atom stereocenters. The summed E-state index contributed by atoms with van der Waals surface area (Å²) in [6.07, 6.45) is 8.34. The minimum absolute atomic E-state index is 0.00640. The molecule has 0 spiro atoms. The molecule has 4 rings (SSSR count). The van der Waals surface area contributed by atoms with Crippen molar-refractivity contribution in [1.29, 1.82) is 0 Å². The molecule has 3 aromatic rings. The molecule has 1 aliphatic heterocycles. The summed E-state index contributed by atoms with van der Waals surface area (Å²) >= 11 is 6.25. The molecular formula is C21H21ClN6O. The molecule has 1 fully saturated rings. The first-order valence-corrected chi connectivity index (χ1v) is 9.79. The molecule has 1 amide bonds. The summed E-state index contributed by atoms with van der Waals surface area (Å²) in [5.41, 5.74) is 8.37. The smallest absolute Gasteiger partial charge is 0.246 e. The van der Waals surface area contributed by atoms with E-state index in [1.807, 2.05) is 41.1 Å². The molecule has 0 aliphatic carbocycles. The molecular weight excluding hydrogens is 388 g/mol. The first-order valence-electron chi connectivity index (χ1n) is 9.41. The van der Waals surface area contributed by atoms with Crippen LogP contribution in [0.4, 0.5) is 5.82 Å². The molecule has 3 heterocycles. The van der Waals surface area contributed by atoms with Crippen LogP contribution in [0.2, 0.25) is 5.02 Å². The number of nitrogen functional groups attached to an aromatic ring is 1. The summed E-state index contributed by atoms with van der Waals surface area (Å²) in [6, 6.07) is 7.58. The fourth-order valence-corrected chi connectivity index (χ4v) is 3.85. The molecule has 0 bridgehead atoms. The van der Waals surface area contributed by atoms with Gasteiger partial charge in [0.1, 0.15) is 12.1 Å². The van der Waals surface area contributed by atoms with Gasteiger partial charge in [0.05, 0.1) is 17.1 Å². The van der Waals surface area contributed by atoms with Gasteiger partial charge >= 0.3 is 0 Å². The van der Waals surface area contributed by atoms with E-state index in [4.69, 9.17) is 22.4 Å². The predicted molar refractivity (Wildman–Crippen MR) is 115 cm³/mol. The summed E-state index contributed by atoms with van der Waals surface area (Å²) in [4.78, 5) is 22.4. The molecule has 7 nitrogen and oxygen atoms in total. The maximum atomic E-state index is 12.1. The van der Waals surface area contributed by atoms with Crippen LogP contribution < -0.4 is 5.73 Å². The lowest BCUT2D eigenvalue weighted by Crippen LogP contribution is -2.40. The molecule has 1 saturated heterocycles. The molecule has 148 valence electrons. The van der Waals surface area contributed by atoms with Crippen LogP contribution in [0.1, 0.15) is 30.1 Å². The van der Waals surface area contributed by atoms with Crippen LogP contribution in [-0.2, 0) is 4.79 Å². The Bertz CT molecular complexity index is 1110. The van der Waals surface area contributed by atoms with Gasteiger partial charge in [0, 0.05) is 18.1 Å². The number of fused-ring (bicyclic) bond motifs is 1. The highest BCUT2D eigenvalue weighted by Crippen LogP contribution is 2.30. The number of hydrogen-bond donors (Lipinski definition) is 1. The normalized spacial score (nSPS) is 17.1. The van der Waals surface area contributed by atoms with Crippen molar-refractivity contribution in [2.24, 2.45) is 0 Å². The van der Waals surface area contributed by atoms with Crippen molar-refractivity contribution in [2.45, 2.75) is 18.9 Å². The van der Waals surface area contributed by atoms with E-state index in [2.05, 4.69) is 16.5 Å². The highest BCUT2D eigenvalue weighted by molar-refractivity contribution is 6.32. The third-order valence-corrected chi connectivity index (χ3v) is 5.44. The number of nitrogens with zero attached hydrogens (tertiary/aromatic N) is 5. The van der Waals surface area contributed by atoms with Gasteiger partial charge in [-0.25, -0.2) is 14.6 Å². The molecule has 29 heavy (non-hydrogen) atoms. The number of aromatic nitrogens is 4. The number of likely N-dealkylation sites (tertiary alicyclic amines) is 1. The molecule has 0 radical (unpaired) electrons. The number of carbonyl (C=O) groups excluding carboxylic acids is 1. The van der Waals surface area contributed by atoms with Crippen LogP contribution in [-0.4, -0.2) is 43.6 Å². The van der Waals surface area contributed by atoms with Gasteiger partial charge in [-0.05, 0) is 36.6 Å². The van der Waals surface area contributed by atoms with Crippen LogP contribution in [0.25, 0.3) is 23.2 Å². The lowest BCUT2D eigenvalue weighted by atomic mass is 10.1. The first kappa shape index (κ1) is 19.1. The zero-order valence-corrected chi connectivity index (χ0v) is 16.6. The van der Waals surface area contributed by atoms with Gasteiger partial charge in [0.15, 0.2) is 5.65 Å². The average molecular weight is 409 g/mol. The third kappa shape index (κ3) is 3.73. The fraction of sp³-hybridized carbons (Fsp3) is 0.238. The summed E-state index contributed by atoms with van der Waals surface area (Å²) in [7, 11) is 0. The average Bonchev–Trinajstić information content (AvgIpc) is 3.13. The largest absolute Gasteiger partial charge is 0.383 e. The maximum Gasteiger partial charge on any atom is 0.246 e. The van der Waals surface area contributed by atoms with Gasteiger partial charge in [-0.15, -0.1) is 0 Å². The second-order valence-corrected chi connectivity index (χ2v) is 7.33. The van der Waals surface area contributed by atoms with Crippen molar-refractivity contribution in [3.8, 4) is 0 Å². The zero-order valence-electron chi connectivity index (χ0n) is 15.8. The highest BCUT2D eigenvalue weighted by atomic mass is 35.5. The Kier molecular flexibility index (Phi) is 5.31. The van der Waals surface area contributed by atoms with E-state index in [-0.39, 0.29) is 11.9 Å². The number of piperidine rings is 1.